The lowest BCUT2D eigenvalue weighted by molar-refractivity contribution is -0.140. The maximum Gasteiger partial charge on any atom is 0.242 e. The van der Waals surface area contributed by atoms with Crippen LogP contribution in [0.1, 0.15) is 37.8 Å². The molecule has 0 fully saturated rings. The second kappa shape index (κ2) is 12.6. The minimum atomic E-state index is -0.524. The van der Waals surface area contributed by atoms with Gasteiger partial charge in [-0.25, -0.2) is 0 Å². The fourth-order valence-electron chi connectivity index (χ4n) is 2.83. The lowest BCUT2D eigenvalue weighted by Crippen LogP contribution is -2.47. The Labute approximate surface area is 183 Å². The molecule has 0 aliphatic heterocycles. The number of carbonyl (C=O) groups is 2. The summed E-state index contributed by atoms with van der Waals surface area (Å²) in [4.78, 5) is 27.1. The second-order valence-corrected chi connectivity index (χ2v) is 8.44. The fraction of sp³-hybridized carbons (Fsp3) is 0.391. The number of nitrogens with zero attached hydrogens (tertiary/aromatic N) is 1. The molecule has 2 aromatic rings. The van der Waals surface area contributed by atoms with Crippen LogP contribution in [0.15, 0.2) is 54.6 Å². The van der Waals surface area contributed by atoms with Crippen LogP contribution in [0.3, 0.4) is 0 Å². The van der Waals surface area contributed by atoms with E-state index in [0.29, 0.717) is 30.3 Å². The van der Waals surface area contributed by atoms with Crippen LogP contribution in [-0.4, -0.2) is 35.1 Å². The molecule has 2 rings (SSSR count). The Morgan fingerprint density at radius 3 is 2.41 bits per heavy atom. The Hall–Kier alpha value is -1.98. The van der Waals surface area contributed by atoms with Gasteiger partial charge in [0.25, 0.3) is 0 Å². The lowest BCUT2D eigenvalue weighted by Gasteiger charge is -2.29. The fourth-order valence-corrected chi connectivity index (χ4v) is 3.85. The first-order valence-corrected chi connectivity index (χ1v) is 11.5. The van der Waals surface area contributed by atoms with Crippen LogP contribution in [0.25, 0.3) is 0 Å². The van der Waals surface area contributed by atoms with Crippen LogP contribution in [0.2, 0.25) is 5.02 Å². The van der Waals surface area contributed by atoms with Gasteiger partial charge in [-0.05, 0) is 36.6 Å². The van der Waals surface area contributed by atoms with Crippen molar-refractivity contribution in [3.8, 4) is 0 Å². The summed E-state index contributed by atoms with van der Waals surface area (Å²) in [7, 11) is 0. The number of benzene rings is 2. The number of thioether (sulfide) groups is 1. The second-order valence-electron chi connectivity index (χ2n) is 6.90. The van der Waals surface area contributed by atoms with E-state index in [9.17, 15) is 9.59 Å². The van der Waals surface area contributed by atoms with Crippen LogP contribution in [0.4, 0.5) is 0 Å². The molecule has 0 unspecified atom stereocenters. The van der Waals surface area contributed by atoms with E-state index in [1.165, 1.54) is 5.56 Å². The SMILES string of the molecule is CCCNC(=O)[C@@H](C)N(Cc1ccc(Cl)cc1)C(=O)CCSCc1ccccc1. The molecule has 0 aliphatic carbocycles. The van der Waals surface area contributed by atoms with Gasteiger partial charge in [-0.15, -0.1) is 0 Å². The van der Waals surface area contributed by atoms with E-state index in [1.807, 2.05) is 37.3 Å². The zero-order valence-electron chi connectivity index (χ0n) is 17.1. The topological polar surface area (TPSA) is 49.4 Å². The zero-order chi connectivity index (χ0) is 21.1. The highest BCUT2D eigenvalue weighted by Crippen LogP contribution is 2.17. The summed E-state index contributed by atoms with van der Waals surface area (Å²) in [6.45, 7) is 4.79. The van der Waals surface area contributed by atoms with Crippen molar-refractivity contribution in [3.05, 3.63) is 70.7 Å². The highest BCUT2D eigenvalue weighted by molar-refractivity contribution is 7.98. The Morgan fingerprint density at radius 1 is 1.07 bits per heavy atom. The van der Waals surface area contributed by atoms with Gasteiger partial charge < -0.3 is 10.2 Å². The average Bonchev–Trinajstić information content (AvgIpc) is 2.74. The highest BCUT2D eigenvalue weighted by Gasteiger charge is 2.25. The largest absolute Gasteiger partial charge is 0.354 e. The number of carbonyl (C=O) groups excluding carboxylic acids is 2. The molecule has 2 aromatic carbocycles. The van der Waals surface area contributed by atoms with E-state index in [0.717, 1.165) is 17.7 Å². The third-order valence-corrected chi connectivity index (χ3v) is 5.84. The summed E-state index contributed by atoms with van der Waals surface area (Å²) >= 11 is 7.70. The molecular weight excluding hydrogens is 404 g/mol. The molecule has 0 saturated carbocycles. The Balaban J connectivity index is 1.97. The maximum atomic E-state index is 13.0. The first kappa shape index (κ1) is 23.3. The standard InChI is InChI=1S/C23H29ClN2O2S/c1-3-14-25-23(28)18(2)26(16-19-9-11-21(24)12-10-19)22(27)13-15-29-17-20-7-5-4-6-8-20/h4-12,18H,3,13-17H2,1-2H3,(H,25,28)/t18-/m1/s1. The van der Waals surface area contributed by atoms with Gasteiger partial charge in [0, 0.05) is 36.0 Å². The van der Waals surface area contributed by atoms with Crippen molar-refractivity contribution >= 4 is 35.2 Å². The quantitative estimate of drug-likeness (QED) is 0.513. The summed E-state index contributed by atoms with van der Waals surface area (Å²) in [6.07, 6.45) is 1.26. The number of hydrogen-bond donors (Lipinski definition) is 1. The van der Waals surface area contributed by atoms with E-state index in [1.54, 1.807) is 35.7 Å². The van der Waals surface area contributed by atoms with Gasteiger partial charge in [-0.3, -0.25) is 9.59 Å². The van der Waals surface area contributed by atoms with Crippen LogP contribution >= 0.6 is 23.4 Å². The van der Waals surface area contributed by atoms with Gasteiger partial charge in [0.1, 0.15) is 6.04 Å². The summed E-state index contributed by atoms with van der Waals surface area (Å²) < 4.78 is 0. The molecule has 29 heavy (non-hydrogen) atoms. The van der Waals surface area contributed by atoms with Crippen molar-refractivity contribution in [3.63, 3.8) is 0 Å². The van der Waals surface area contributed by atoms with E-state index in [4.69, 9.17) is 11.6 Å². The van der Waals surface area contributed by atoms with Gasteiger partial charge in [0.05, 0.1) is 0 Å². The molecule has 2 amide bonds. The van der Waals surface area contributed by atoms with E-state index in [-0.39, 0.29) is 11.8 Å². The minimum absolute atomic E-state index is 0.0142. The van der Waals surface area contributed by atoms with Crippen molar-refractivity contribution in [2.24, 2.45) is 0 Å². The summed E-state index contributed by atoms with van der Waals surface area (Å²) in [5.41, 5.74) is 2.20. The van der Waals surface area contributed by atoms with Crippen LogP contribution in [0.5, 0.6) is 0 Å². The highest BCUT2D eigenvalue weighted by atomic mass is 35.5. The molecule has 156 valence electrons. The number of halogens is 1. The number of hydrogen-bond acceptors (Lipinski definition) is 3. The summed E-state index contributed by atoms with van der Waals surface area (Å²) in [6, 6.07) is 17.1. The number of rotatable bonds is 11. The summed E-state index contributed by atoms with van der Waals surface area (Å²) in [5, 5.41) is 3.54. The first-order chi connectivity index (χ1) is 14.0. The van der Waals surface area contributed by atoms with Crippen LogP contribution in [-0.2, 0) is 21.9 Å². The molecule has 1 atom stereocenters. The molecule has 6 heteroatoms. The van der Waals surface area contributed by atoms with Crippen LogP contribution < -0.4 is 5.32 Å². The lowest BCUT2D eigenvalue weighted by atomic mass is 10.1. The predicted molar refractivity (Wildman–Crippen MR) is 122 cm³/mol. The minimum Gasteiger partial charge on any atom is -0.354 e. The van der Waals surface area contributed by atoms with Gasteiger partial charge >= 0.3 is 0 Å². The van der Waals surface area contributed by atoms with Gasteiger partial charge in [0.2, 0.25) is 11.8 Å². The molecular formula is C23H29ClN2O2S. The molecule has 0 aromatic heterocycles. The normalized spacial score (nSPS) is 11.7. The number of amides is 2. The smallest absolute Gasteiger partial charge is 0.242 e. The van der Waals surface area contributed by atoms with Gasteiger partial charge in [-0.1, -0.05) is 61.0 Å². The van der Waals surface area contributed by atoms with Crippen molar-refractivity contribution in [2.45, 2.75) is 45.0 Å². The van der Waals surface area contributed by atoms with E-state index < -0.39 is 6.04 Å². The predicted octanol–water partition coefficient (Wildman–Crippen LogP) is 4.91. The Bertz CT molecular complexity index is 768. The molecule has 0 radical (unpaired) electrons. The maximum absolute atomic E-state index is 13.0. The zero-order valence-corrected chi connectivity index (χ0v) is 18.6. The van der Waals surface area contributed by atoms with Crippen molar-refractivity contribution < 1.29 is 9.59 Å². The molecule has 0 bridgehead atoms. The molecule has 0 aliphatic rings. The Morgan fingerprint density at radius 2 is 1.76 bits per heavy atom. The van der Waals surface area contributed by atoms with Crippen molar-refractivity contribution in [1.29, 1.82) is 0 Å². The van der Waals surface area contributed by atoms with Crippen molar-refractivity contribution in [1.82, 2.24) is 10.2 Å². The van der Waals surface area contributed by atoms with Crippen LogP contribution in [0, 0.1) is 0 Å². The summed E-state index contributed by atoms with van der Waals surface area (Å²) in [5.74, 6) is 1.46. The first-order valence-electron chi connectivity index (χ1n) is 9.94. The number of nitrogens with one attached hydrogen (secondary N) is 1. The molecule has 4 nitrogen and oxygen atoms in total. The van der Waals surface area contributed by atoms with Gasteiger partial charge in [-0.2, -0.15) is 11.8 Å². The molecule has 0 saturated heterocycles. The van der Waals surface area contributed by atoms with Crippen molar-refractivity contribution in [2.75, 3.05) is 12.3 Å². The third-order valence-electron chi connectivity index (χ3n) is 4.55. The molecule has 1 N–H and O–H groups in total. The average molecular weight is 433 g/mol. The Kier molecular flexibility index (Phi) is 10.1. The van der Waals surface area contributed by atoms with E-state index >= 15 is 0 Å². The third kappa shape index (κ3) is 8.11. The van der Waals surface area contributed by atoms with E-state index in [2.05, 4.69) is 17.4 Å². The molecule has 0 heterocycles. The molecule has 0 spiro atoms. The van der Waals surface area contributed by atoms with Gasteiger partial charge in [0.15, 0.2) is 0 Å². The monoisotopic (exact) mass is 432 g/mol.